The molecule has 1 spiro atoms. The van der Waals surface area contributed by atoms with Crippen molar-refractivity contribution in [3.8, 4) is 62.1 Å². The van der Waals surface area contributed by atoms with Crippen molar-refractivity contribution < 1.29 is 17.6 Å². The van der Waals surface area contributed by atoms with Gasteiger partial charge in [-0.3, -0.25) is 0 Å². The zero-order valence-corrected chi connectivity index (χ0v) is 35.4. The number of halogens is 3. The van der Waals surface area contributed by atoms with E-state index in [4.69, 9.17) is 19.4 Å². The number of nitrogens with zero attached hydrogens (tertiary/aromatic N) is 4. The number of para-hydroxylation sites is 2. The van der Waals surface area contributed by atoms with Crippen LogP contribution in [0.2, 0.25) is 0 Å². The lowest BCUT2D eigenvalue weighted by molar-refractivity contribution is -0.137. The third-order valence-electron chi connectivity index (χ3n) is 13.9. The molecule has 0 bridgehead atoms. The van der Waals surface area contributed by atoms with E-state index in [1.54, 1.807) is 10.6 Å². The van der Waals surface area contributed by atoms with Gasteiger partial charge in [-0.15, -0.1) is 0 Å². The summed E-state index contributed by atoms with van der Waals surface area (Å²) in [7, 11) is 0. The van der Waals surface area contributed by atoms with Gasteiger partial charge in [-0.1, -0.05) is 176 Å². The van der Waals surface area contributed by atoms with E-state index >= 15 is 13.2 Å². The second-order valence-corrected chi connectivity index (χ2v) is 17.3. The molecule has 2 aliphatic carbocycles. The fourth-order valence-corrected chi connectivity index (χ4v) is 11.3. The van der Waals surface area contributed by atoms with Crippen LogP contribution in [0.15, 0.2) is 205 Å². The summed E-state index contributed by atoms with van der Waals surface area (Å²) in [6, 6.07) is 65.0. The molecule has 12 aromatic rings. The summed E-state index contributed by atoms with van der Waals surface area (Å²) in [5.74, 6) is 0.773. The maximum absolute atomic E-state index is 16.4. The molecule has 3 aromatic heterocycles. The van der Waals surface area contributed by atoms with Gasteiger partial charge in [0, 0.05) is 38.2 Å². The van der Waals surface area contributed by atoms with Crippen LogP contribution in [0.3, 0.4) is 0 Å². The Hall–Kier alpha value is -8.62. The van der Waals surface area contributed by atoms with Crippen LogP contribution < -0.4 is 0 Å². The lowest BCUT2D eigenvalue weighted by atomic mass is 9.70. The Bertz CT molecular complexity index is 3940. The standard InChI is InChI=1S/C59H33F3N4O/c60-59(61,62)46-33-41(57-64-55(34-17-3-1-4-18-34)63-56(65-57)35-19-5-2-6-20-35)50-40-25-11-16-30-49(40)67-54(50)53(46)66-47-29-15-10-24-39(47)52-48(66)32-31-45-51(52)38-23-9-14-28-44(38)58(45)42-26-12-7-21-36(42)37-22-8-13-27-43(37)58/h1-33H. The Morgan fingerprint density at radius 2 is 0.955 bits per heavy atom. The molecule has 3 heterocycles. The summed E-state index contributed by atoms with van der Waals surface area (Å²) in [6.07, 6.45) is -4.85. The smallest absolute Gasteiger partial charge is 0.418 e. The fourth-order valence-electron chi connectivity index (χ4n) is 11.3. The van der Waals surface area contributed by atoms with Crippen molar-refractivity contribution in [2.45, 2.75) is 11.6 Å². The Morgan fingerprint density at radius 3 is 1.60 bits per heavy atom. The number of hydrogen-bond donors (Lipinski definition) is 0. The van der Waals surface area contributed by atoms with Gasteiger partial charge in [-0.25, -0.2) is 15.0 Å². The zero-order chi connectivity index (χ0) is 44.6. The first-order valence-corrected chi connectivity index (χ1v) is 22.2. The van der Waals surface area contributed by atoms with Gasteiger partial charge >= 0.3 is 6.18 Å². The van der Waals surface area contributed by atoms with Crippen molar-refractivity contribution in [1.29, 1.82) is 0 Å². The van der Waals surface area contributed by atoms with Crippen LogP contribution >= 0.6 is 0 Å². The number of hydrogen-bond acceptors (Lipinski definition) is 4. The molecule has 9 aromatic carbocycles. The molecule has 0 unspecified atom stereocenters. The molecule has 0 saturated carbocycles. The Balaban J connectivity index is 1.11. The van der Waals surface area contributed by atoms with Crippen LogP contribution in [0.25, 0.3) is 106 Å². The molecule has 0 aliphatic heterocycles. The van der Waals surface area contributed by atoms with Gasteiger partial charge in [0.1, 0.15) is 11.3 Å². The van der Waals surface area contributed by atoms with E-state index in [2.05, 4.69) is 78.9 Å². The van der Waals surface area contributed by atoms with Crippen LogP contribution in [0, 0.1) is 0 Å². The molecule has 67 heavy (non-hydrogen) atoms. The highest BCUT2D eigenvalue weighted by molar-refractivity contribution is 6.21. The minimum atomic E-state index is -4.85. The summed E-state index contributed by atoms with van der Waals surface area (Å²) in [4.78, 5) is 14.7. The summed E-state index contributed by atoms with van der Waals surface area (Å²) in [6.45, 7) is 0. The van der Waals surface area contributed by atoms with Gasteiger partial charge in [0.15, 0.2) is 23.1 Å². The molecule has 0 amide bonds. The van der Waals surface area contributed by atoms with E-state index in [9.17, 15) is 0 Å². The van der Waals surface area contributed by atoms with Crippen molar-refractivity contribution in [3.05, 3.63) is 228 Å². The average molecular weight is 871 g/mol. The van der Waals surface area contributed by atoms with Crippen LogP contribution in [-0.4, -0.2) is 19.5 Å². The van der Waals surface area contributed by atoms with E-state index < -0.39 is 17.2 Å². The molecular formula is C59H33F3N4O. The topological polar surface area (TPSA) is 56.7 Å². The Labute approximate surface area is 381 Å². The van der Waals surface area contributed by atoms with Crippen LogP contribution in [0.5, 0.6) is 0 Å². The second-order valence-electron chi connectivity index (χ2n) is 17.3. The van der Waals surface area contributed by atoms with Crippen LogP contribution in [0.4, 0.5) is 13.2 Å². The minimum absolute atomic E-state index is 0.0765. The highest BCUT2D eigenvalue weighted by Gasteiger charge is 2.52. The van der Waals surface area contributed by atoms with Crippen molar-refractivity contribution in [3.63, 3.8) is 0 Å². The highest BCUT2D eigenvalue weighted by atomic mass is 19.4. The molecule has 316 valence electrons. The van der Waals surface area contributed by atoms with E-state index in [0.717, 1.165) is 33.0 Å². The van der Waals surface area contributed by atoms with E-state index in [1.807, 2.05) is 109 Å². The number of benzene rings is 9. The SMILES string of the molecule is FC(F)(F)c1cc(-c2nc(-c3ccccc3)nc(-c3ccccc3)n2)c2c(oc3ccccc32)c1-n1c2ccccc2c2c3c(ccc21)C1(c2ccccc2-c2ccccc21)c1ccccc1-3. The first kappa shape index (κ1) is 37.7. The number of aromatic nitrogens is 4. The molecule has 0 N–H and O–H groups in total. The molecule has 2 aliphatic rings. The van der Waals surface area contributed by atoms with Gasteiger partial charge in [0.05, 0.1) is 22.0 Å². The molecule has 8 heteroatoms. The molecule has 14 rings (SSSR count). The molecular weight excluding hydrogens is 838 g/mol. The van der Waals surface area contributed by atoms with E-state index in [-0.39, 0.29) is 22.7 Å². The molecule has 0 radical (unpaired) electrons. The third kappa shape index (κ3) is 5.12. The normalized spacial score (nSPS) is 13.4. The summed E-state index contributed by atoms with van der Waals surface area (Å²) in [5.41, 5.74) is 10.8. The van der Waals surface area contributed by atoms with Gasteiger partial charge in [0.25, 0.3) is 0 Å². The monoisotopic (exact) mass is 870 g/mol. The highest BCUT2D eigenvalue weighted by Crippen LogP contribution is 2.64. The third-order valence-corrected chi connectivity index (χ3v) is 13.9. The molecule has 0 atom stereocenters. The fraction of sp³-hybridized carbons (Fsp3) is 0.0339. The lowest BCUT2D eigenvalue weighted by Crippen LogP contribution is -2.25. The number of fused-ring (bicyclic) bond motifs is 17. The van der Waals surface area contributed by atoms with Crippen molar-refractivity contribution in [2.75, 3.05) is 0 Å². The largest absolute Gasteiger partial charge is 0.454 e. The van der Waals surface area contributed by atoms with Gasteiger partial charge in [-0.05, 0) is 68.8 Å². The molecule has 0 saturated heterocycles. The number of furan rings is 1. The first-order valence-electron chi connectivity index (χ1n) is 22.2. The predicted octanol–water partition coefficient (Wildman–Crippen LogP) is 15.2. The predicted molar refractivity (Wildman–Crippen MR) is 259 cm³/mol. The molecule has 0 fully saturated rings. The minimum Gasteiger partial charge on any atom is -0.454 e. The first-order chi connectivity index (χ1) is 32.9. The maximum Gasteiger partial charge on any atom is 0.418 e. The van der Waals surface area contributed by atoms with Crippen molar-refractivity contribution >= 4 is 43.7 Å². The van der Waals surface area contributed by atoms with Crippen LogP contribution in [0.1, 0.15) is 27.8 Å². The second kappa shape index (κ2) is 13.7. The number of rotatable bonds is 4. The Morgan fingerprint density at radius 1 is 0.433 bits per heavy atom. The summed E-state index contributed by atoms with van der Waals surface area (Å²) < 4.78 is 57.7. The van der Waals surface area contributed by atoms with Gasteiger partial charge in [-0.2, -0.15) is 13.2 Å². The summed E-state index contributed by atoms with van der Waals surface area (Å²) in [5, 5.41) is 2.82. The Kier molecular flexibility index (Phi) is 7.71. The zero-order valence-electron chi connectivity index (χ0n) is 35.4. The summed E-state index contributed by atoms with van der Waals surface area (Å²) >= 11 is 0. The molecule has 5 nitrogen and oxygen atoms in total. The van der Waals surface area contributed by atoms with E-state index in [1.165, 1.54) is 28.3 Å². The maximum atomic E-state index is 16.4. The lowest BCUT2D eigenvalue weighted by Gasteiger charge is -2.30. The van der Waals surface area contributed by atoms with E-state index in [0.29, 0.717) is 50.2 Å². The van der Waals surface area contributed by atoms with Crippen molar-refractivity contribution in [2.24, 2.45) is 0 Å². The van der Waals surface area contributed by atoms with Gasteiger partial charge < -0.3 is 8.98 Å². The van der Waals surface area contributed by atoms with Crippen LogP contribution in [-0.2, 0) is 11.6 Å². The van der Waals surface area contributed by atoms with Gasteiger partial charge in [0.2, 0.25) is 0 Å². The number of alkyl halides is 3. The van der Waals surface area contributed by atoms with Crippen molar-refractivity contribution in [1.82, 2.24) is 19.5 Å². The quantitative estimate of drug-likeness (QED) is 0.177. The average Bonchev–Trinajstić information content (AvgIpc) is 4.10.